The lowest BCUT2D eigenvalue weighted by molar-refractivity contribution is -0.131. The second-order valence-corrected chi connectivity index (χ2v) is 7.85. The molecule has 1 aromatic heterocycles. The van der Waals surface area contributed by atoms with Gasteiger partial charge in [-0.1, -0.05) is 41.4 Å². The highest BCUT2D eigenvalue weighted by molar-refractivity contribution is 6.42. The maximum Gasteiger partial charge on any atom is 0.227 e. The van der Waals surface area contributed by atoms with E-state index in [1.54, 1.807) is 30.6 Å². The predicted octanol–water partition coefficient (Wildman–Crippen LogP) is 4.64. The number of halogens is 3. The standard InChI is InChI=1S/C22H18Cl2FN3O/c23-18-6-3-15(9-19(18)24)11-22(29)28-8-7-20-17(12-28)21(27-13-26-20)10-14-1-4-16(25)5-2-14/h1-6,9,13H,7-8,10-12H2. The Morgan fingerprint density at radius 3 is 2.55 bits per heavy atom. The van der Waals surface area contributed by atoms with Gasteiger partial charge in [0.25, 0.3) is 0 Å². The van der Waals surface area contributed by atoms with Gasteiger partial charge in [-0.2, -0.15) is 0 Å². The van der Waals surface area contributed by atoms with Crippen molar-refractivity contribution in [1.82, 2.24) is 14.9 Å². The van der Waals surface area contributed by atoms with Crippen LogP contribution in [0.1, 0.15) is 28.1 Å². The molecule has 7 heteroatoms. The van der Waals surface area contributed by atoms with Gasteiger partial charge in [-0.15, -0.1) is 0 Å². The van der Waals surface area contributed by atoms with Crippen LogP contribution >= 0.6 is 23.2 Å². The summed E-state index contributed by atoms with van der Waals surface area (Å²) in [4.78, 5) is 23.5. The van der Waals surface area contributed by atoms with Crippen molar-refractivity contribution in [3.05, 3.63) is 92.7 Å². The Labute approximate surface area is 178 Å². The van der Waals surface area contributed by atoms with Crippen LogP contribution < -0.4 is 0 Å². The van der Waals surface area contributed by atoms with Gasteiger partial charge in [0.15, 0.2) is 0 Å². The minimum atomic E-state index is -0.266. The molecule has 1 aliphatic rings. The maximum atomic E-state index is 13.2. The number of benzene rings is 2. The molecule has 0 bridgehead atoms. The van der Waals surface area contributed by atoms with Gasteiger partial charge in [0.2, 0.25) is 5.91 Å². The summed E-state index contributed by atoms with van der Waals surface area (Å²) in [5, 5.41) is 0.910. The summed E-state index contributed by atoms with van der Waals surface area (Å²) in [6.07, 6.45) is 3.07. The molecule has 0 fully saturated rings. The van der Waals surface area contributed by atoms with Crippen LogP contribution in [-0.2, 0) is 30.6 Å². The minimum Gasteiger partial charge on any atom is -0.338 e. The summed E-state index contributed by atoms with van der Waals surface area (Å²) in [5.74, 6) is -0.247. The van der Waals surface area contributed by atoms with Crippen LogP contribution in [0.4, 0.5) is 4.39 Å². The van der Waals surface area contributed by atoms with Crippen molar-refractivity contribution in [3.63, 3.8) is 0 Å². The molecule has 3 aromatic rings. The molecule has 0 saturated carbocycles. The van der Waals surface area contributed by atoms with Crippen LogP contribution in [0, 0.1) is 5.82 Å². The Morgan fingerprint density at radius 2 is 1.79 bits per heavy atom. The molecule has 4 rings (SSSR count). The van der Waals surface area contributed by atoms with Crippen LogP contribution in [0.15, 0.2) is 48.8 Å². The van der Waals surface area contributed by atoms with Crippen LogP contribution in [-0.4, -0.2) is 27.3 Å². The molecule has 0 unspecified atom stereocenters. The number of carbonyl (C=O) groups excluding carboxylic acids is 1. The van der Waals surface area contributed by atoms with Gasteiger partial charge in [0.1, 0.15) is 12.1 Å². The molecular formula is C22H18Cl2FN3O. The summed E-state index contributed by atoms with van der Waals surface area (Å²) in [5.41, 5.74) is 4.60. The van der Waals surface area contributed by atoms with Gasteiger partial charge >= 0.3 is 0 Å². The Morgan fingerprint density at radius 1 is 1.03 bits per heavy atom. The number of hydrogen-bond acceptors (Lipinski definition) is 3. The van der Waals surface area contributed by atoms with Crippen LogP contribution in [0.5, 0.6) is 0 Å². The minimum absolute atomic E-state index is 0.0191. The molecule has 1 amide bonds. The van der Waals surface area contributed by atoms with E-state index in [0.29, 0.717) is 36.0 Å². The van der Waals surface area contributed by atoms with Crippen LogP contribution in [0.2, 0.25) is 10.0 Å². The zero-order chi connectivity index (χ0) is 20.4. The summed E-state index contributed by atoms with van der Waals surface area (Å²) < 4.78 is 13.2. The van der Waals surface area contributed by atoms with Gasteiger partial charge in [-0.3, -0.25) is 4.79 Å². The lowest BCUT2D eigenvalue weighted by Gasteiger charge is -2.29. The fraction of sp³-hybridized carbons (Fsp3) is 0.227. The predicted molar refractivity (Wildman–Crippen MR) is 111 cm³/mol. The Kier molecular flexibility index (Phi) is 5.79. The smallest absolute Gasteiger partial charge is 0.227 e. The first kappa shape index (κ1) is 19.8. The largest absolute Gasteiger partial charge is 0.338 e. The van der Waals surface area contributed by atoms with E-state index in [-0.39, 0.29) is 18.1 Å². The number of rotatable bonds is 4. The van der Waals surface area contributed by atoms with Crippen molar-refractivity contribution in [2.45, 2.75) is 25.8 Å². The zero-order valence-electron chi connectivity index (χ0n) is 15.5. The highest BCUT2D eigenvalue weighted by Crippen LogP contribution is 2.25. The molecule has 4 nitrogen and oxygen atoms in total. The van der Waals surface area contributed by atoms with Crippen molar-refractivity contribution in [1.29, 1.82) is 0 Å². The van der Waals surface area contributed by atoms with Crippen LogP contribution in [0.25, 0.3) is 0 Å². The molecule has 148 valence electrons. The average Bonchev–Trinajstić information content (AvgIpc) is 2.72. The number of fused-ring (bicyclic) bond motifs is 1. The van der Waals surface area contributed by atoms with E-state index in [2.05, 4.69) is 9.97 Å². The van der Waals surface area contributed by atoms with Gasteiger partial charge in [0.05, 0.1) is 27.9 Å². The summed E-state index contributed by atoms with van der Waals surface area (Å²) >= 11 is 12.0. The molecular weight excluding hydrogens is 412 g/mol. The molecule has 0 aliphatic carbocycles. The molecule has 2 aromatic carbocycles. The number of amides is 1. The lowest BCUT2D eigenvalue weighted by Crippen LogP contribution is -2.38. The summed E-state index contributed by atoms with van der Waals surface area (Å²) in [7, 11) is 0. The van der Waals surface area contributed by atoms with E-state index >= 15 is 0 Å². The number of hydrogen-bond donors (Lipinski definition) is 0. The molecule has 0 N–H and O–H groups in total. The zero-order valence-corrected chi connectivity index (χ0v) is 17.0. The lowest BCUT2D eigenvalue weighted by atomic mass is 9.99. The topological polar surface area (TPSA) is 46.1 Å². The fourth-order valence-corrected chi connectivity index (χ4v) is 3.82. The highest BCUT2D eigenvalue weighted by Gasteiger charge is 2.24. The third kappa shape index (κ3) is 4.57. The van der Waals surface area contributed by atoms with E-state index in [9.17, 15) is 9.18 Å². The van der Waals surface area contributed by atoms with Gasteiger partial charge in [-0.25, -0.2) is 14.4 Å². The molecule has 0 atom stereocenters. The monoisotopic (exact) mass is 429 g/mol. The molecule has 29 heavy (non-hydrogen) atoms. The van der Waals surface area contributed by atoms with Gasteiger partial charge < -0.3 is 4.90 Å². The Bertz CT molecular complexity index is 1060. The number of carbonyl (C=O) groups is 1. The molecule has 2 heterocycles. The molecule has 0 saturated heterocycles. The van der Waals surface area contributed by atoms with Crippen molar-refractivity contribution in [2.75, 3.05) is 6.54 Å². The number of nitrogens with zero attached hydrogens (tertiary/aromatic N) is 3. The van der Waals surface area contributed by atoms with E-state index in [0.717, 1.165) is 28.1 Å². The van der Waals surface area contributed by atoms with Crippen molar-refractivity contribution >= 4 is 29.1 Å². The first-order valence-electron chi connectivity index (χ1n) is 9.27. The highest BCUT2D eigenvalue weighted by atomic mass is 35.5. The van der Waals surface area contributed by atoms with Crippen molar-refractivity contribution in [3.8, 4) is 0 Å². The quantitative estimate of drug-likeness (QED) is 0.606. The number of aromatic nitrogens is 2. The average molecular weight is 430 g/mol. The van der Waals surface area contributed by atoms with Gasteiger partial charge in [-0.05, 0) is 35.4 Å². The van der Waals surface area contributed by atoms with Gasteiger partial charge in [0, 0.05) is 31.5 Å². The second kappa shape index (κ2) is 8.47. The normalized spacial score (nSPS) is 13.3. The third-order valence-corrected chi connectivity index (χ3v) is 5.81. The molecule has 1 aliphatic heterocycles. The van der Waals surface area contributed by atoms with Crippen molar-refractivity contribution < 1.29 is 9.18 Å². The SMILES string of the molecule is O=C(Cc1ccc(Cl)c(Cl)c1)N1CCc2ncnc(Cc3ccc(F)cc3)c2C1. The maximum absolute atomic E-state index is 13.2. The van der Waals surface area contributed by atoms with E-state index in [1.807, 2.05) is 11.0 Å². The summed E-state index contributed by atoms with van der Waals surface area (Å²) in [6.45, 7) is 1.08. The summed E-state index contributed by atoms with van der Waals surface area (Å²) in [6, 6.07) is 11.6. The second-order valence-electron chi connectivity index (χ2n) is 7.04. The Hall–Kier alpha value is -2.50. The van der Waals surface area contributed by atoms with Crippen molar-refractivity contribution in [2.24, 2.45) is 0 Å². The van der Waals surface area contributed by atoms with E-state index in [1.165, 1.54) is 12.1 Å². The first-order valence-corrected chi connectivity index (χ1v) is 10.0. The Balaban J connectivity index is 1.51. The third-order valence-electron chi connectivity index (χ3n) is 5.07. The first-order chi connectivity index (χ1) is 14.0. The van der Waals surface area contributed by atoms with E-state index in [4.69, 9.17) is 23.2 Å². The van der Waals surface area contributed by atoms with Crippen LogP contribution in [0.3, 0.4) is 0 Å². The molecule has 0 spiro atoms. The van der Waals surface area contributed by atoms with E-state index < -0.39 is 0 Å². The molecule has 0 radical (unpaired) electrons. The fourth-order valence-electron chi connectivity index (χ4n) is 3.50.